The van der Waals surface area contributed by atoms with E-state index in [0.29, 0.717) is 11.1 Å². The van der Waals surface area contributed by atoms with E-state index in [1.54, 1.807) is 0 Å². The maximum atomic E-state index is 10.2. The van der Waals surface area contributed by atoms with Crippen LogP contribution in [0.25, 0.3) is 49.7 Å². The van der Waals surface area contributed by atoms with E-state index in [-0.39, 0.29) is 28.4 Å². The molecule has 6 heteroatoms. The fourth-order valence-electron chi connectivity index (χ4n) is 12.0. The second kappa shape index (κ2) is 18.0. The summed E-state index contributed by atoms with van der Waals surface area (Å²) in [6.07, 6.45) is 0. The smallest absolute Gasteiger partial charge is 0.252 e. The topological polar surface area (TPSA) is 59.0 Å². The summed E-state index contributed by atoms with van der Waals surface area (Å²) in [5.74, 6) is 0. The van der Waals surface area contributed by atoms with Gasteiger partial charge in [0.25, 0.3) is 6.71 Å². The molecule has 5 nitrogen and oxygen atoms in total. The van der Waals surface area contributed by atoms with Gasteiger partial charge in [0.2, 0.25) is 0 Å². The number of rotatable bonds is 5. The van der Waals surface area contributed by atoms with Gasteiger partial charge in [-0.25, -0.2) is 0 Å². The number of fused-ring (bicyclic) bond motifs is 7. The average molecular weight is 1010 g/mol. The van der Waals surface area contributed by atoms with Gasteiger partial charge < -0.3 is 14.4 Å². The molecule has 382 valence electrons. The third kappa shape index (κ3) is 8.38. The quantitative estimate of drug-likeness (QED) is 0.161. The second-order valence-electron chi connectivity index (χ2n) is 25.8. The molecular formula is C72H66BN5. The first-order chi connectivity index (χ1) is 37.1. The van der Waals surface area contributed by atoms with Crippen LogP contribution in [0.2, 0.25) is 0 Å². The molecule has 0 atom stereocenters. The monoisotopic (exact) mass is 1010 g/mol. The molecule has 0 unspecified atom stereocenters. The largest absolute Gasteiger partial charge is 0.311 e. The summed E-state index contributed by atoms with van der Waals surface area (Å²) in [5, 5.41) is 22.4. The van der Waals surface area contributed by atoms with Crippen LogP contribution < -0.4 is 26.2 Å². The molecule has 0 amide bonds. The van der Waals surface area contributed by atoms with Crippen molar-refractivity contribution in [2.75, 3.05) is 9.80 Å². The average Bonchev–Trinajstić information content (AvgIpc) is 3.07. The van der Waals surface area contributed by atoms with Gasteiger partial charge in [-0.1, -0.05) is 168 Å². The first-order valence-electron chi connectivity index (χ1n) is 27.5. The highest BCUT2D eigenvalue weighted by molar-refractivity contribution is 7.00. The van der Waals surface area contributed by atoms with Crippen molar-refractivity contribution in [2.45, 2.75) is 105 Å². The fourth-order valence-corrected chi connectivity index (χ4v) is 12.0. The van der Waals surface area contributed by atoms with Gasteiger partial charge in [0.05, 0.1) is 40.0 Å². The molecule has 0 saturated heterocycles. The molecule has 10 aromatic rings. The predicted octanol–water partition coefficient (Wildman–Crippen LogP) is 17.1. The summed E-state index contributed by atoms with van der Waals surface area (Å²) in [6, 6.07) is 71.6. The Bertz CT molecular complexity index is 3980. The van der Waals surface area contributed by atoms with Crippen LogP contribution >= 0.6 is 0 Å². The molecule has 0 radical (unpaired) electrons. The summed E-state index contributed by atoms with van der Waals surface area (Å²) >= 11 is 0. The van der Waals surface area contributed by atoms with E-state index in [1.807, 2.05) is 36.4 Å². The van der Waals surface area contributed by atoms with E-state index < -0.39 is 0 Å². The van der Waals surface area contributed by atoms with E-state index in [2.05, 4.69) is 255 Å². The van der Waals surface area contributed by atoms with Gasteiger partial charge in [0, 0.05) is 50.5 Å². The Morgan fingerprint density at radius 2 is 0.846 bits per heavy atom. The standard InChI is InChI=1S/C72H66BN5/c1-69(2,3)50-37-51(70(4,5)6)40-54(39-50)76-64-26-17-14-23-59(64)73-60-24-15-18-27-65(60)77(55-41-52(71(7,8)9)38-53(42-55)72(10,11)12)67-36-49(35-66(76)68(67)73)47-29-31-63-58(34-47)56-22-13-16-25-61(56)78(63)62-30-28-46(44-75)33-57(62)48-21-19-20-45(32-48)43-74/h13-42H,1-12H3. The van der Waals surface area contributed by atoms with Crippen LogP contribution in [-0.2, 0) is 21.7 Å². The first-order valence-corrected chi connectivity index (χ1v) is 27.5. The van der Waals surface area contributed by atoms with Gasteiger partial charge in [-0.3, -0.25) is 0 Å². The lowest BCUT2D eigenvalue weighted by Gasteiger charge is -2.45. The van der Waals surface area contributed by atoms with Gasteiger partial charge in [-0.05, 0) is 174 Å². The Morgan fingerprint density at radius 1 is 0.359 bits per heavy atom. The van der Waals surface area contributed by atoms with Crippen molar-refractivity contribution in [1.82, 2.24) is 4.57 Å². The second-order valence-corrected chi connectivity index (χ2v) is 25.8. The van der Waals surface area contributed by atoms with Crippen molar-refractivity contribution in [3.05, 3.63) is 215 Å². The van der Waals surface area contributed by atoms with Crippen molar-refractivity contribution in [3.8, 4) is 40.1 Å². The summed E-state index contributed by atoms with van der Waals surface area (Å²) in [6.45, 7) is 27.9. The fraction of sp³-hybridized carbons (Fsp3) is 0.222. The molecule has 12 rings (SSSR count). The molecule has 1 aromatic heterocycles. The van der Waals surface area contributed by atoms with Gasteiger partial charge >= 0.3 is 0 Å². The van der Waals surface area contributed by atoms with Gasteiger partial charge in [0.1, 0.15) is 0 Å². The molecule has 0 saturated carbocycles. The molecular weight excluding hydrogens is 946 g/mol. The van der Waals surface area contributed by atoms with Crippen molar-refractivity contribution < 1.29 is 0 Å². The van der Waals surface area contributed by atoms with Crippen LogP contribution in [0.3, 0.4) is 0 Å². The Morgan fingerprint density at radius 3 is 1.37 bits per heavy atom. The summed E-state index contributed by atoms with van der Waals surface area (Å²) < 4.78 is 2.33. The summed E-state index contributed by atoms with van der Waals surface area (Å²) in [7, 11) is 0. The minimum atomic E-state index is -0.0957. The molecule has 9 aromatic carbocycles. The Labute approximate surface area is 461 Å². The zero-order valence-corrected chi connectivity index (χ0v) is 47.1. The van der Waals surface area contributed by atoms with Crippen molar-refractivity contribution in [3.63, 3.8) is 0 Å². The molecule has 3 heterocycles. The molecule has 78 heavy (non-hydrogen) atoms. The third-order valence-electron chi connectivity index (χ3n) is 16.4. The first kappa shape index (κ1) is 50.3. The van der Waals surface area contributed by atoms with Crippen LogP contribution in [0, 0.1) is 22.7 Å². The Kier molecular flexibility index (Phi) is 11.6. The highest BCUT2D eigenvalue weighted by Gasteiger charge is 2.44. The SMILES string of the molecule is CC(C)(C)c1cc(N2c3ccccc3B3c4ccccc4N(c4cc(C(C)(C)C)cc(C(C)(C)C)c4)c4cc(-c5ccc6c(c5)c5ccccc5n6-c5ccc(C#N)cc5-c5cccc(C#N)c5)cc2c43)cc(C(C)(C)C)c1. The molecule has 0 fully saturated rings. The number of para-hydroxylation sites is 3. The minimum Gasteiger partial charge on any atom is -0.311 e. The molecule has 0 bridgehead atoms. The van der Waals surface area contributed by atoms with Gasteiger partial charge in [-0.2, -0.15) is 10.5 Å². The van der Waals surface area contributed by atoms with E-state index in [9.17, 15) is 10.5 Å². The Hall–Kier alpha value is -8.58. The van der Waals surface area contributed by atoms with Gasteiger partial charge in [-0.15, -0.1) is 0 Å². The lowest BCUT2D eigenvalue weighted by molar-refractivity contribution is 0.568. The van der Waals surface area contributed by atoms with E-state index in [0.717, 1.165) is 61.1 Å². The summed E-state index contributed by atoms with van der Waals surface area (Å²) in [5.41, 5.74) is 23.9. The van der Waals surface area contributed by atoms with Crippen LogP contribution in [0.4, 0.5) is 34.1 Å². The molecule has 2 aliphatic rings. The lowest BCUT2D eigenvalue weighted by atomic mass is 9.33. The highest BCUT2D eigenvalue weighted by atomic mass is 15.2. The maximum absolute atomic E-state index is 10.2. The number of hydrogen-bond acceptors (Lipinski definition) is 4. The zero-order chi connectivity index (χ0) is 54.8. The van der Waals surface area contributed by atoms with E-state index in [4.69, 9.17) is 0 Å². The predicted molar refractivity (Wildman–Crippen MR) is 330 cm³/mol. The van der Waals surface area contributed by atoms with Crippen LogP contribution in [0.5, 0.6) is 0 Å². The number of aromatic nitrogens is 1. The maximum Gasteiger partial charge on any atom is 0.252 e. The summed E-state index contributed by atoms with van der Waals surface area (Å²) in [4.78, 5) is 5.16. The minimum absolute atomic E-state index is 0.0272. The van der Waals surface area contributed by atoms with Crippen molar-refractivity contribution >= 4 is 79.0 Å². The number of nitriles is 2. The highest BCUT2D eigenvalue weighted by Crippen LogP contribution is 2.49. The number of hydrogen-bond donors (Lipinski definition) is 0. The van der Waals surface area contributed by atoms with Crippen molar-refractivity contribution in [2.24, 2.45) is 0 Å². The van der Waals surface area contributed by atoms with Gasteiger partial charge in [0.15, 0.2) is 0 Å². The number of nitrogens with zero attached hydrogens (tertiary/aromatic N) is 5. The van der Waals surface area contributed by atoms with Crippen molar-refractivity contribution in [1.29, 1.82) is 10.5 Å². The van der Waals surface area contributed by atoms with E-state index >= 15 is 0 Å². The van der Waals surface area contributed by atoms with Crippen LogP contribution in [0.15, 0.2) is 182 Å². The molecule has 0 aliphatic carbocycles. The Balaban J connectivity index is 1.18. The third-order valence-corrected chi connectivity index (χ3v) is 16.4. The lowest BCUT2D eigenvalue weighted by Crippen LogP contribution is -2.61. The van der Waals surface area contributed by atoms with Crippen LogP contribution in [-0.4, -0.2) is 11.3 Å². The molecule has 2 aliphatic heterocycles. The zero-order valence-electron chi connectivity index (χ0n) is 47.1. The molecule has 0 spiro atoms. The van der Waals surface area contributed by atoms with E-state index in [1.165, 1.54) is 61.4 Å². The number of benzene rings is 9. The normalized spacial score (nSPS) is 13.3. The number of anilines is 6. The van der Waals surface area contributed by atoms with Crippen LogP contribution in [0.1, 0.15) is 116 Å². The molecule has 0 N–H and O–H groups in total.